The lowest BCUT2D eigenvalue weighted by Crippen LogP contribution is -2.25. The lowest BCUT2D eigenvalue weighted by molar-refractivity contribution is 0.0169. The molecule has 3 N–H and O–H groups in total. The van der Waals surface area contributed by atoms with Crippen molar-refractivity contribution in [3.63, 3.8) is 0 Å². The number of hydrogen-bond acceptors (Lipinski definition) is 6. The third kappa shape index (κ3) is 5.50. The number of hydrogen-bond donors (Lipinski definition) is 3. The first-order chi connectivity index (χ1) is 13.2. The van der Waals surface area contributed by atoms with Gasteiger partial charge < -0.3 is 19.9 Å². The smallest absolute Gasteiger partial charge is 0.278 e. The van der Waals surface area contributed by atoms with E-state index in [1.807, 2.05) is 22.6 Å². The van der Waals surface area contributed by atoms with Gasteiger partial charge in [0.05, 0.1) is 36.7 Å². The van der Waals surface area contributed by atoms with Crippen LogP contribution in [0.5, 0.6) is 0 Å². The van der Waals surface area contributed by atoms with Crippen LogP contribution in [0.25, 0.3) is 0 Å². The van der Waals surface area contributed by atoms with Gasteiger partial charge in [-0.2, -0.15) is 0 Å². The van der Waals surface area contributed by atoms with Crippen molar-refractivity contribution < 1.29 is 23.9 Å². The molecule has 0 radical (unpaired) electrons. The Morgan fingerprint density at radius 1 is 1.32 bits per heavy atom. The topological polar surface area (TPSA) is 95.8 Å². The molecule has 1 amide bonds. The van der Waals surface area contributed by atoms with Gasteiger partial charge in [0.1, 0.15) is 11.6 Å². The molecule has 2 aromatic rings. The number of aliphatic hydroxyl groups excluding tert-OH is 1. The molecule has 152 valence electrons. The van der Waals surface area contributed by atoms with Crippen molar-refractivity contribution >= 4 is 45.8 Å². The number of ketones is 1. The number of aromatic nitrogens is 1. The van der Waals surface area contributed by atoms with Crippen LogP contribution >= 0.6 is 22.6 Å². The van der Waals surface area contributed by atoms with Gasteiger partial charge in [-0.05, 0) is 61.0 Å². The molecule has 28 heavy (non-hydrogen) atoms. The number of likely N-dealkylation sites (N-methyl/N-ethyl adjacent to an activating group) is 1. The maximum absolute atomic E-state index is 14.3. The van der Waals surface area contributed by atoms with Crippen LogP contribution < -0.4 is 10.8 Å². The minimum absolute atomic E-state index is 0.0838. The maximum Gasteiger partial charge on any atom is 0.278 e. The zero-order chi connectivity index (χ0) is 20.8. The number of anilines is 2. The number of carbonyl (C=O) groups is 2. The van der Waals surface area contributed by atoms with Gasteiger partial charge in [0.2, 0.25) is 0 Å². The van der Waals surface area contributed by atoms with Gasteiger partial charge in [-0.25, -0.2) is 9.87 Å². The van der Waals surface area contributed by atoms with Crippen LogP contribution in [-0.4, -0.2) is 60.1 Å². The van der Waals surface area contributed by atoms with E-state index in [0.29, 0.717) is 0 Å². The molecule has 1 aromatic heterocycles. The number of halogens is 2. The van der Waals surface area contributed by atoms with E-state index in [0.717, 1.165) is 3.57 Å². The van der Waals surface area contributed by atoms with Crippen molar-refractivity contribution in [2.45, 2.75) is 0 Å². The van der Waals surface area contributed by atoms with Crippen LogP contribution in [0, 0.1) is 9.39 Å². The fraction of sp³-hybridized carbons (Fsp3) is 0.333. The molecule has 0 spiro atoms. The molecule has 0 fully saturated rings. The molecule has 0 aliphatic heterocycles. The van der Waals surface area contributed by atoms with Gasteiger partial charge in [0.15, 0.2) is 5.78 Å². The zero-order valence-corrected chi connectivity index (χ0v) is 17.9. The Kier molecular flexibility index (Phi) is 7.92. The average Bonchev–Trinajstić information content (AvgIpc) is 2.94. The molecule has 8 nitrogen and oxygen atoms in total. The number of nitrogens with one attached hydrogen (secondary N) is 2. The Hall–Kier alpha value is -2.02. The van der Waals surface area contributed by atoms with Gasteiger partial charge in [0, 0.05) is 10.6 Å². The number of amides is 1. The van der Waals surface area contributed by atoms with Gasteiger partial charge in [-0.1, -0.05) is 0 Å². The lowest BCUT2D eigenvalue weighted by atomic mass is 10.2. The summed E-state index contributed by atoms with van der Waals surface area (Å²) in [5, 5.41) is 11.7. The molecule has 0 atom stereocenters. The van der Waals surface area contributed by atoms with Crippen molar-refractivity contribution in [2.24, 2.45) is 7.05 Å². The number of benzene rings is 1. The molecule has 0 bridgehead atoms. The summed E-state index contributed by atoms with van der Waals surface area (Å²) in [6.45, 7) is -0.197. The van der Waals surface area contributed by atoms with E-state index >= 15 is 0 Å². The van der Waals surface area contributed by atoms with E-state index in [9.17, 15) is 14.0 Å². The Bertz CT molecular complexity index is 870. The van der Waals surface area contributed by atoms with Crippen molar-refractivity contribution in [1.29, 1.82) is 0 Å². The third-order valence-electron chi connectivity index (χ3n) is 3.77. The van der Waals surface area contributed by atoms with Crippen LogP contribution in [0.1, 0.15) is 20.8 Å². The summed E-state index contributed by atoms with van der Waals surface area (Å²) in [5.41, 5.74) is 2.76. The molecular formula is C18H22FIN4O4. The Balaban J connectivity index is 2.43. The van der Waals surface area contributed by atoms with Gasteiger partial charge in [0.25, 0.3) is 5.91 Å². The van der Waals surface area contributed by atoms with E-state index in [4.69, 9.17) is 9.94 Å². The highest BCUT2D eigenvalue weighted by molar-refractivity contribution is 14.1. The van der Waals surface area contributed by atoms with Crippen LogP contribution in [-0.2, 0) is 11.9 Å². The van der Waals surface area contributed by atoms with Gasteiger partial charge in [-0.15, -0.1) is 0 Å². The molecule has 0 aliphatic carbocycles. The van der Waals surface area contributed by atoms with Crippen LogP contribution in [0.2, 0.25) is 0 Å². The highest BCUT2D eigenvalue weighted by atomic mass is 127. The highest BCUT2D eigenvalue weighted by Gasteiger charge is 2.23. The molecular weight excluding hydrogens is 482 g/mol. The fourth-order valence-corrected chi connectivity index (χ4v) is 2.95. The largest absolute Gasteiger partial charge is 0.394 e. The van der Waals surface area contributed by atoms with Crippen molar-refractivity contribution in [1.82, 2.24) is 14.9 Å². The first kappa shape index (κ1) is 22.3. The second-order valence-electron chi connectivity index (χ2n) is 6.26. The Morgan fingerprint density at radius 3 is 2.64 bits per heavy atom. The zero-order valence-electron chi connectivity index (χ0n) is 15.8. The average molecular weight is 504 g/mol. The Morgan fingerprint density at radius 2 is 2.04 bits per heavy atom. The first-order valence-corrected chi connectivity index (χ1v) is 9.45. The van der Waals surface area contributed by atoms with Crippen molar-refractivity contribution in [3.8, 4) is 0 Å². The van der Waals surface area contributed by atoms with E-state index in [2.05, 4.69) is 10.8 Å². The summed E-state index contributed by atoms with van der Waals surface area (Å²) in [4.78, 5) is 31.6. The van der Waals surface area contributed by atoms with Crippen LogP contribution in [0.4, 0.5) is 15.9 Å². The summed E-state index contributed by atoms with van der Waals surface area (Å²) < 4.78 is 16.5. The number of Topliss-reactive ketones (excluding diaryl/α,β-unsaturated/α-hetero) is 1. The molecule has 1 aromatic carbocycles. The van der Waals surface area contributed by atoms with Crippen LogP contribution in [0.15, 0.2) is 24.3 Å². The third-order valence-corrected chi connectivity index (χ3v) is 4.44. The standard InChI is InChI=1S/C18H22FIN4O4/c1-23(2)10-16(26)15-9-12(18(27)22-28-7-6-25)17(24(15)3)21-14-5-4-11(20)8-13(14)19/h4-5,8-9,21,25H,6-7,10H2,1-3H3,(H,22,27). The highest BCUT2D eigenvalue weighted by Crippen LogP contribution is 2.27. The second-order valence-corrected chi connectivity index (χ2v) is 7.51. The van der Waals surface area contributed by atoms with Gasteiger partial charge in [-0.3, -0.25) is 14.4 Å². The van der Waals surface area contributed by atoms with Crippen molar-refractivity contribution in [3.05, 3.63) is 44.9 Å². The predicted octanol–water partition coefficient (Wildman–Crippen LogP) is 1.91. The quantitative estimate of drug-likeness (QED) is 0.209. The van der Waals surface area contributed by atoms with E-state index in [1.165, 1.54) is 16.7 Å². The predicted molar refractivity (Wildman–Crippen MR) is 111 cm³/mol. The molecule has 0 saturated heterocycles. The minimum Gasteiger partial charge on any atom is -0.394 e. The lowest BCUT2D eigenvalue weighted by Gasteiger charge is -2.13. The first-order valence-electron chi connectivity index (χ1n) is 8.37. The molecule has 0 aliphatic rings. The van der Waals surface area contributed by atoms with Crippen molar-refractivity contribution in [2.75, 3.05) is 39.2 Å². The maximum atomic E-state index is 14.3. The molecule has 2 rings (SSSR count). The van der Waals surface area contributed by atoms with Crippen LogP contribution in [0.3, 0.4) is 0 Å². The molecule has 1 heterocycles. The fourth-order valence-electron chi connectivity index (χ4n) is 2.50. The van der Waals surface area contributed by atoms with E-state index < -0.39 is 11.7 Å². The molecule has 0 saturated carbocycles. The second kappa shape index (κ2) is 9.96. The summed E-state index contributed by atoms with van der Waals surface area (Å²) in [5.74, 6) is -1.07. The minimum atomic E-state index is -0.624. The normalized spacial score (nSPS) is 11.0. The summed E-state index contributed by atoms with van der Waals surface area (Å²) in [6, 6.07) is 6.05. The number of carbonyl (C=O) groups excluding carboxylic acids is 2. The summed E-state index contributed by atoms with van der Waals surface area (Å²) >= 11 is 2.00. The Labute approximate surface area is 175 Å². The number of rotatable bonds is 9. The monoisotopic (exact) mass is 504 g/mol. The summed E-state index contributed by atoms with van der Waals surface area (Å²) in [6.07, 6.45) is 0. The van der Waals surface area contributed by atoms with E-state index in [-0.39, 0.29) is 48.3 Å². The summed E-state index contributed by atoms with van der Waals surface area (Å²) in [7, 11) is 5.13. The van der Waals surface area contributed by atoms with E-state index in [1.54, 1.807) is 38.2 Å². The number of nitrogens with zero attached hydrogens (tertiary/aromatic N) is 2. The number of hydroxylamine groups is 1. The van der Waals surface area contributed by atoms with Gasteiger partial charge >= 0.3 is 0 Å². The molecule has 0 unspecified atom stereocenters. The number of aliphatic hydroxyl groups is 1. The SMILES string of the molecule is CN(C)CC(=O)c1cc(C(=O)NOCCO)c(Nc2ccc(I)cc2F)n1C. The molecule has 10 heteroatoms.